The van der Waals surface area contributed by atoms with Crippen molar-refractivity contribution in [3.63, 3.8) is 0 Å². The summed E-state index contributed by atoms with van der Waals surface area (Å²) in [6.45, 7) is 4.59. The van der Waals surface area contributed by atoms with Crippen LogP contribution < -0.4 is 16.0 Å². The van der Waals surface area contributed by atoms with Crippen LogP contribution in [0.4, 0.5) is 5.69 Å². The second kappa shape index (κ2) is 8.12. The number of carbonyl (C=O) groups is 1. The Hall–Kier alpha value is -1.26. The number of carbonyl (C=O) groups excluding carboxylic acids is 1. The average molecular weight is 300 g/mol. The van der Waals surface area contributed by atoms with Gasteiger partial charge >= 0.3 is 0 Å². The number of nitrogens with two attached hydrogens (primary N) is 1. The van der Waals surface area contributed by atoms with Crippen LogP contribution >= 0.6 is 12.4 Å². The lowest BCUT2D eigenvalue weighted by atomic mass is 9.94. The molecule has 0 aliphatic rings. The highest BCUT2D eigenvalue weighted by Gasteiger charge is 2.21. The van der Waals surface area contributed by atoms with Gasteiger partial charge in [0.1, 0.15) is 0 Å². The van der Waals surface area contributed by atoms with E-state index in [4.69, 9.17) is 5.73 Å². The predicted molar refractivity (Wildman–Crippen MR) is 87.9 cm³/mol. The third-order valence-electron chi connectivity index (χ3n) is 3.63. The molecule has 0 aliphatic carbocycles. The highest BCUT2D eigenvalue weighted by atomic mass is 35.5. The summed E-state index contributed by atoms with van der Waals surface area (Å²) < 4.78 is 0. The second-order valence-corrected chi connectivity index (χ2v) is 5.20. The Morgan fingerprint density at radius 3 is 2.40 bits per heavy atom. The van der Waals surface area contributed by atoms with Crippen LogP contribution in [0.2, 0.25) is 0 Å². The molecule has 0 bridgehead atoms. The lowest BCUT2D eigenvalue weighted by molar-refractivity contribution is 0.0942. The smallest absolute Gasteiger partial charge is 0.251 e. The molecule has 0 saturated heterocycles. The molecule has 1 aromatic carbocycles. The van der Waals surface area contributed by atoms with Gasteiger partial charge in [-0.05, 0) is 31.0 Å². The minimum absolute atomic E-state index is 0. The number of halogens is 1. The molecule has 0 aliphatic heterocycles. The Bertz CT molecular complexity index is 431. The van der Waals surface area contributed by atoms with Crippen molar-refractivity contribution >= 4 is 24.0 Å². The number of amides is 1. The molecule has 1 amide bonds. The molecule has 114 valence electrons. The van der Waals surface area contributed by atoms with Gasteiger partial charge in [-0.2, -0.15) is 0 Å². The van der Waals surface area contributed by atoms with Crippen molar-refractivity contribution in [2.45, 2.75) is 32.2 Å². The fourth-order valence-electron chi connectivity index (χ4n) is 1.78. The summed E-state index contributed by atoms with van der Waals surface area (Å²) in [6, 6.07) is 7.56. The van der Waals surface area contributed by atoms with E-state index in [0.717, 1.165) is 18.5 Å². The van der Waals surface area contributed by atoms with E-state index in [2.05, 4.69) is 5.32 Å². The summed E-state index contributed by atoms with van der Waals surface area (Å²) in [5.74, 6) is -0.0691. The first-order valence-corrected chi connectivity index (χ1v) is 6.76. The zero-order valence-corrected chi connectivity index (χ0v) is 13.6. The molecule has 5 heteroatoms. The van der Waals surface area contributed by atoms with Crippen LogP contribution in [0, 0.1) is 0 Å². The van der Waals surface area contributed by atoms with Gasteiger partial charge in [0.05, 0.1) is 0 Å². The van der Waals surface area contributed by atoms with Crippen molar-refractivity contribution in [3.8, 4) is 0 Å². The van der Waals surface area contributed by atoms with Gasteiger partial charge in [0.2, 0.25) is 0 Å². The maximum atomic E-state index is 12.1. The summed E-state index contributed by atoms with van der Waals surface area (Å²) in [7, 11) is 3.91. The summed E-state index contributed by atoms with van der Waals surface area (Å²) in [6.07, 6.45) is 1.70. The van der Waals surface area contributed by atoms with Crippen molar-refractivity contribution in [2.24, 2.45) is 5.73 Å². The first kappa shape index (κ1) is 18.7. The van der Waals surface area contributed by atoms with Gasteiger partial charge in [-0.15, -0.1) is 12.4 Å². The fraction of sp³-hybridized carbons (Fsp3) is 0.533. The number of anilines is 1. The molecule has 4 nitrogen and oxygen atoms in total. The van der Waals surface area contributed by atoms with Crippen LogP contribution in [-0.2, 0) is 0 Å². The molecule has 1 rings (SSSR count). The monoisotopic (exact) mass is 299 g/mol. The SMILES string of the molecule is CCC(N)(CC)CNC(=O)c1cccc(N(C)C)c1.Cl. The van der Waals surface area contributed by atoms with Crippen molar-refractivity contribution in [2.75, 3.05) is 25.5 Å². The standard InChI is InChI=1S/C15H25N3O.ClH/c1-5-15(16,6-2)11-17-14(19)12-8-7-9-13(10-12)18(3)4;/h7-10H,5-6,11,16H2,1-4H3,(H,17,19);1H. The largest absolute Gasteiger partial charge is 0.378 e. The molecule has 0 saturated carbocycles. The van der Waals surface area contributed by atoms with Crippen LogP contribution in [0.5, 0.6) is 0 Å². The van der Waals surface area contributed by atoms with E-state index in [1.807, 2.05) is 57.1 Å². The average Bonchev–Trinajstić information content (AvgIpc) is 2.44. The maximum absolute atomic E-state index is 12.1. The molecule has 3 N–H and O–H groups in total. The van der Waals surface area contributed by atoms with Gasteiger partial charge in [0.25, 0.3) is 5.91 Å². The molecule has 0 radical (unpaired) electrons. The molecule has 0 heterocycles. The first-order chi connectivity index (χ1) is 8.91. The number of hydrogen-bond acceptors (Lipinski definition) is 3. The van der Waals surface area contributed by atoms with Gasteiger partial charge in [0.15, 0.2) is 0 Å². The molecular weight excluding hydrogens is 274 g/mol. The highest BCUT2D eigenvalue weighted by Crippen LogP contribution is 2.14. The van der Waals surface area contributed by atoms with Crippen LogP contribution in [0.25, 0.3) is 0 Å². The Labute approximate surface area is 128 Å². The number of nitrogens with zero attached hydrogens (tertiary/aromatic N) is 1. The third kappa shape index (κ3) is 5.02. The molecule has 0 atom stereocenters. The molecular formula is C15H26ClN3O. The summed E-state index contributed by atoms with van der Waals surface area (Å²) in [4.78, 5) is 14.1. The molecule has 0 fully saturated rings. The normalized spacial score (nSPS) is 10.7. The minimum Gasteiger partial charge on any atom is -0.378 e. The Morgan fingerprint density at radius 1 is 1.30 bits per heavy atom. The molecule has 1 aromatic rings. The van der Waals surface area contributed by atoms with Gasteiger partial charge in [-0.25, -0.2) is 0 Å². The lowest BCUT2D eigenvalue weighted by Crippen LogP contribution is -2.49. The van der Waals surface area contributed by atoms with E-state index in [1.165, 1.54) is 0 Å². The fourth-order valence-corrected chi connectivity index (χ4v) is 1.78. The van der Waals surface area contributed by atoms with E-state index in [-0.39, 0.29) is 23.9 Å². The number of nitrogens with one attached hydrogen (secondary N) is 1. The molecule has 0 aromatic heterocycles. The van der Waals surface area contributed by atoms with Crippen LogP contribution in [-0.4, -0.2) is 32.1 Å². The van der Waals surface area contributed by atoms with Gasteiger partial charge in [0, 0.05) is 37.4 Å². The van der Waals surface area contributed by atoms with Crippen LogP contribution in [0.1, 0.15) is 37.0 Å². The Morgan fingerprint density at radius 2 is 1.90 bits per heavy atom. The van der Waals surface area contributed by atoms with E-state index >= 15 is 0 Å². The van der Waals surface area contributed by atoms with Gasteiger partial charge in [-0.3, -0.25) is 4.79 Å². The quantitative estimate of drug-likeness (QED) is 0.848. The maximum Gasteiger partial charge on any atom is 0.251 e. The molecule has 0 unspecified atom stereocenters. The Balaban J connectivity index is 0.00000361. The summed E-state index contributed by atoms with van der Waals surface area (Å²) in [5.41, 5.74) is 7.55. The zero-order chi connectivity index (χ0) is 14.5. The van der Waals surface area contributed by atoms with Gasteiger partial charge in [-0.1, -0.05) is 19.9 Å². The molecule has 20 heavy (non-hydrogen) atoms. The number of benzene rings is 1. The molecule has 0 spiro atoms. The number of rotatable bonds is 6. The lowest BCUT2D eigenvalue weighted by Gasteiger charge is -2.26. The van der Waals surface area contributed by atoms with E-state index in [1.54, 1.807) is 0 Å². The zero-order valence-electron chi connectivity index (χ0n) is 12.8. The predicted octanol–water partition coefficient (Wildman–Crippen LogP) is 2.42. The topological polar surface area (TPSA) is 58.4 Å². The Kier molecular flexibility index (Phi) is 7.61. The van der Waals surface area contributed by atoms with Crippen LogP contribution in [0.3, 0.4) is 0 Å². The highest BCUT2D eigenvalue weighted by molar-refractivity contribution is 5.95. The van der Waals surface area contributed by atoms with Crippen molar-refractivity contribution in [1.29, 1.82) is 0 Å². The summed E-state index contributed by atoms with van der Waals surface area (Å²) >= 11 is 0. The third-order valence-corrected chi connectivity index (χ3v) is 3.63. The van der Waals surface area contributed by atoms with Crippen molar-refractivity contribution in [3.05, 3.63) is 29.8 Å². The van der Waals surface area contributed by atoms with Crippen LogP contribution in [0.15, 0.2) is 24.3 Å². The van der Waals surface area contributed by atoms with Crippen molar-refractivity contribution in [1.82, 2.24) is 5.32 Å². The number of hydrogen-bond donors (Lipinski definition) is 2. The first-order valence-electron chi connectivity index (χ1n) is 6.76. The van der Waals surface area contributed by atoms with E-state index < -0.39 is 0 Å². The van der Waals surface area contributed by atoms with E-state index in [9.17, 15) is 4.79 Å². The van der Waals surface area contributed by atoms with Gasteiger partial charge < -0.3 is 16.0 Å². The van der Waals surface area contributed by atoms with E-state index in [0.29, 0.717) is 12.1 Å². The second-order valence-electron chi connectivity index (χ2n) is 5.20. The summed E-state index contributed by atoms with van der Waals surface area (Å²) in [5, 5.41) is 2.93. The van der Waals surface area contributed by atoms with Crippen molar-refractivity contribution < 1.29 is 4.79 Å². The minimum atomic E-state index is -0.311.